The highest BCUT2D eigenvalue weighted by molar-refractivity contribution is 6.37. The van der Waals surface area contributed by atoms with Crippen LogP contribution in [0.15, 0.2) is 30.3 Å². The van der Waals surface area contributed by atoms with Gasteiger partial charge in [0, 0.05) is 5.56 Å². The van der Waals surface area contributed by atoms with Crippen LogP contribution in [-0.2, 0) is 0 Å². The van der Waals surface area contributed by atoms with Crippen molar-refractivity contribution in [3.8, 4) is 11.1 Å². The van der Waals surface area contributed by atoms with Crippen molar-refractivity contribution in [3.05, 3.63) is 45.9 Å². The first kappa shape index (κ1) is 13.7. The summed E-state index contributed by atoms with van der Waals surface area (Å²) in [6.45, 7) is 1.45. The largest absolute Gasteiger partial charge is 0.398 e. The molecular weight excluding hydrogens is 283 g/mol. The van der Waals surface area contributed by atoms with Crippen LogP contribution in [-0.4, -0.2) is 5.78 Å². The number of benzene rings is 2. The van der Waals surface area contributed by atoms with Crippen molar-refractivity contribution in [3.63, 3.8) is 0 Å². The first-order chi connectivity index (χ1) is 8.91. The number of nitrogens with two attached hydrogens (primary N) is 2. The Bertz CT molecular complexity index is 669. The van der Waals surface area contributed by atoms with E-state index in [1.54, 1.807) is 30.3 Å². The fourth-order valence-electron chi connectivity index (χ4n) is 1.87. The second-order valence-corrected chi connectivity index (χ2v) is 4.97. The number of carbonyl (C=O) groups is 1. The standard InChI is InChI=1S/C14H12Cl2N2O/c1-7(19)13-9(3-5-12(18)14(13)16)8-2-4-11(17)10(15)6-8/h2-6H,17-18H2,1H3. The van der Waals surface area contributed by atoms with Gasteiger partial charge in [0.25, 0.3) is 0 Å². The van der Waals surface area contributed by atoms with Crippen LogP contribution in [0.2, 0.25) is 10.0 Å². The molecule has 0 radical (unpaired) electrons. The fourth-order valence-corrected chi connectivity index (χ4v) is 2.35. The van der Waals surface area contributed by atoms with Gasteiger partial charge in [0.15, 0.2) is 5.78 Å². The van der Waals surface area contributed by atoms with Crippen molar-refractivity contribution in [2.75, 3.05) is 11.5 Å². The third-order valence-electron chi connectivity index (χ3n) is 2.84. The van der Waals surface area contributed by atoms with Crippen molar-refractivity contribution in [1.82, 2.24) is 0 Å². The monoisotopic (exact) mass is 294 g/mol. The van der Waals surface area contributed by atoms with Crippen molar-refractivity contribution < 1.29 is 4.79 Å². The van der Waals surface area contributed by atoms with Gasteiger partial charge in [-0.15, -0.1) is 0 Å². The Hall–Kier alpha value is -1.71. The summed E-state index contributed by atoms with van der Waals surface area (Å²) in [7, 11) is 0. The lowest BCUT2D eigenvalue weighted by atomic mass is 9.96. The van der Waals surface area contributed by atoms with E-state index in [0.717, 1.165) is 5.56 Å². The molecule has 0 fully saturated rings. The van der Waals surface area contributed by atoms with E-state index in [-0.39, 0.29) is 10.8 Å². The van der Waals surface area contributed by atoms with Crippen LogP contribution in [0.3, 0.4) is 0 Å². The average molecular weight is 295 g/mol. The van der Waals surface area contributed by atoms with Crippen LogP contribution in [0.4, 0.5) is 11.4 Å². The fraction of sp³-hybridized carbons (Fsp3) is 0.0714. The molecule has 0 atom stereocenters. The lowest BCUT2D eigenvalue weighted by molar-refractivity contribution is 0.101. The number of rotatable bonds is 2. The maximum atomic E-state index is 11.8. The summed E-state index contributed by atoms with van der Waals surface area (Å²) in [5.41, 5.74) is 14.1. The number of halogens is 2. The summed E-state index contributed by atoms with van der Waals surface area (Å²) in [4.78, 5) is 11.8. The molecule has 4 N–H and O–H groups in total. The second kappa shape index (κ2) is 5.11. The molecule has 0 bridgehead atoms. The average Bonchev–Trinajstić information content (AvgIpc) is 2.35. The van der Waals surface area contributed by atoms with E-state index in [4.69, 9.17) is 34.7 Å². The molecule has 0 spiro atoms. The lowest BCUT2D eigenvalue weighted by Gasteiger charge is -2.12. The molecule has 0 aliphatic heterocycles. The zero-order valence-corrected chi connectivity index (χ0v) is 11.7. The smallest absolute Gasteiger partial charge is 0.162 e. The van der Waals surface area contributed by atoms with E-state index in [0.29, 0.717) is 27.5 Å². The Morgan fingerprint density at radius 3 is 2.26 bits per heavy atom. The number of nitrogen functional groups attached to an aromatic ring is 2. The minimum Gasteiger partial charge on any atom is -0.398 e. The van der Waals surface area contributed by atoms with E-state index in [1.807, 2.05) is 0 Å². The highest BCUT2D eigenvalue weighted by Gasteiger charge is 2.16. The number of carbonyl (C=O) groups excluding carboxylic acids is 1. The van der Waals surface area contributed by atoms with Gasteiger partial charge < -0.3 is 11.5 Å². The molecule has 0 unspecified atom stereocenters. The van der Waals surface area contributed by atoms with Crippen molar-refractivity contribution in [2.45, 2.75) is 6.92 Å². The zero-order chi connectivity index (χ0) is 14.2. The highest BCUT2D eigenvalue weighted by atomic mass is 35.5. The summed E-state index contributed by atoms with van der Waals surface area (Å²) in [6, 6.07) is 8.58. The van der Waals surface area contributed by atoms with Crippen LogP contribution in [0, 0.1) is 0 Å². The van der Waals surface area contributed by atoms with Gasteiger partial charge in [-0.2, -0.15) is 0 Å². The molecule has 0 aliphatic carbocycles. The molecule has 0 aliphatic rings. The number of ketones is 1. The van der Waals surface area contributed by atoms with Gasteiger partial charge in [-0.1, -0.05) is 35.3 Å². The topological polar surface area (TPSA) is 69.1 Å². The summed E-state index contributed by atoms with van der Waals surface area (Å²) < 4.78 is 0. The minimum atomic E-state index is -0.153. The molecule has 0 saturated heterocycles. The van der Waals surface area contributed by atoms with Crippen molar-refractivity contribution in [2.24, 2.45) is 0 Å². The third-order valence-corrected chi connectivity index (χ3v) is 3.57. The van der Waals surface area contributed by atoms with Gasteiger partial charge in [-0.25, -0.2) is 0 Å². The maximum Gasteiger partial charge on any atom is 0.162 e. The molecular formula is C14H12Cl2N2O. The Balaban J connectivity index is 2.71. The minimum absolute atomic E-state index is 0.153. The molecule has 0 heterocycles. The van der Waals surface area contributed by atoms with Crippen LogP contribution in [0.25, 0.3) is 11.1 Å². The van der Waals surface area contributed by atoms with Crippen LogP contribution < -0.4 is 11.5 Å². The van der Waals surface area contributed by atoms with Gasteiger partial charge >= 0.3 is 0 Å². The Kier molecular flexibility index (Phi) is 3.69. The molecule has 19 heavy (non-hydrogen) atoms. The van der Waals surface area contributed by atoms with Crippen LogP contribution >= 0.6 is 23.2 Å². The molecule has 2 aromatic rings. The maximum absolute atomic E-state index is 11.8. The first-order valence-electron chi connectivity index (χ1n) is 5.56. The van der Waals surface area contributed by atoms with Crippen LogP contribution in [0.5, 0.6) is 0 Å². The molecule has 0 amide bonds. The van der Waals surface area contributed by atoms with Crippen molar-refractivity contribution in [1.29, 1.82) is 0 Å². The molecule has 5 heteroatoms. The molecule has 98 valence electrons. The molecule has 3 nitrogen and oxygen atoms in total. The molecule has 2 rings (SSSR count). The number of hydrogen-bond donors (Lipinski definition) is 2. The molecule has 0 aromatic heterocycles. The van der Waals surface area contributed by atoms with Crippen molar-refractivity contribution >= 4 is 40.4 Å². The van der Waals surface area contributed by atoms with E-state index < -0.39 is 0 Å². The van der Waals surface area contributed by atoms with E-state index in [1.165, 1.54) is 6.92 Å². The third kappa shape index (κ3) is 2.53. The summed E-state index contributed by atoms with van der Waals surface area (Å²) in [5, 5.41) is 0.692. The number of anilines is 2. The SMILES string of the molecule is CC(=O)c1c(-c2ccc(N)c(Cl)c2)ccc(N)c1Cl. The predicted octanol–water partition coefficient (Wildman–Crippen LogP) is 4.03. The zero-order valence-electron chi connectivity index (χ0n) is 10.2. The molecule has 2 aromatic carbocycles. The van der Waals surface area contributed by atoms with E-state index in [9.17, 15) is 4.79 Å². The summed E-state index contributed by atoms with van der Waals surface area (Å²) in [6.07, 6.45) is 0. The van der Waals surface area contributed by atoms with E-state index in [2.05, 4.69) is 0 Å². The second-order valence-electron chi connectivity index (χ2n) is 4.18. The Labute approximate surface area is 121 Å². The lowest BCUT2D eigenvalue weighted by Crippen LogP contribution is -2.01. The number of hydrogen-bond acceptors (Lipinski definition) is 3. The van der Waals surface area contributed by atoms with Crippen LogP contribution in [0.1, 0.15) is 17.3 Å². The first-order valence-corrected chi connectivity index (χ1v) is 6.31. The quantitative estimate of drug-likeness (QED) is 0.649. The van der Waals surface area contributed by atoms with Gasteiger partial charge in [0.05, 0.1) is 21.4 Å². The normalized spacial score (nSPS) is 10.5. The Morgan fingerprint density at radius 1 is 1.05 bits per heavy atom. The van der Waals surface area contributed by atoms with E-state index >= 15 is 0 Å². The summed E-state index contributed by atoms with van der Waals surface area (Å²) >= 11 is 12.1. The van der Waals surface area contributed by atoms with Gasteiger partial charge in [-0.3, -0.25) is 4.79 Å². The highest BCUT2D eigenvalue weighted by Crippen LogP contribution is 2.35. The van der Waals surface area contributed by atoms with Gasteiger partial charge in [-0.05, 0) is 36.2 Å². The van der Waals surface area contributed by atoms with Gasteiger partial charge in [0.1, 0.15) is 0 Å². The summed E-state index contributed by atoms with van der Waals surface area (Å²) in [5.74, 6) is -0.153. The predicted molar refractivity (Wildman–Crippen MR) is 80.7 cm³/mol. The molecule has 0 saturated carbocycles. The Morgan fingerprint density at radius 2 is 1.68 bits per heavy atom. The van der Waals surface area contributed by atoms with Gasteiger partial charge in [0.2, 0.25) is 0 Å². The number of Topliss-reactive ketones (excluding diaryl/α,β-unsaturated/α-hetero) is 1.